The second-order valence-corrected chi connectivity index (χ2v) is 4.02. The number of nitrogens with zero attached hydrogens (tertiary/aromatic N) is 1. The van der Waals surface area contributed by atoms with Crippen molar-refractivity contribution in [3.05, 3.63) is 47.7 Å². The monoisotopic (exact) mass is 229 g/mol. The molecule has 0 radical (unpaired) electrons. The number of amides is 1. The van der Waals surface area contributed by atoms with Crippen LogP contribution in [0.2, 0.25) is 0 Å². The van der Waals surface area contributed by atoms with Gasteiger partial charge < -0.3 is 10.0 Å². The number of allylic oxidation sites excluding steroid dienone is 1. The van der Waals surface area contributed by atoms with E-state index in [0.29, 0.717) is 5.56 Å². The molecule has 88 valence electrons. The van der Waals surface area contributed by atoms with Gasteiger partial charge in [-0.15, -0.1) is 0 Å². The van der Waals surface area contributed by atoms with E-state index in [2.05, 4.69) is 0 Å². The lowest BCUT2D eigenvalue weighted by atomic mass is 10.2. The van der Waals surface area contributed by atoms with Crippen molar-refractivity contribution < 1.29 is 9.90 Å². The summed E-state index contributed by atoms with van der Waals surface area (Å²) in [5.74, 6) is 0.143. The molecule has 0 aliphatic carbocycles. The molecule has 0 saturated carbocycles. The van der Waals surface area contributed by atoms with Crippen molar-refractivity contribution in [2.24, 2.45) is 0 Å². The Morgan fingerprint density at radius 2 is 2.18 bits per heavy atom. The van der Waals surface area contributed by atoms with Crippen molar-refractivity contribution in [3.8, 4) is 5.75 Å². The zero-order valence-corrected chi connectivity index (χ0v) is 9.76. The normalized spacial score (nSPS) is 15.4. The highest BCUT2D eigenvalue weighted by molar-refractivity contribution is 5.93. The first-order valence-electron chi connectivity index (χ1n) is 5.63. The fraction of sp³-hybridized carbons (Fsp3) is 0.214. The number of aromatic hydroxyl groups is 1. The Labute approximate surface area is 101 Å². The summed E-state index contributed by atoms with van der Waals surface area (Å²) in [5.41, 5.74) is 1.65. The topological polar surface area (TPSA) is 40.5 Å². The molecule has 1 aliphatic heterocycles. The van der Waals surface area contributed by atoms with Gasteiger partial charge in [0.1, 0.15) is 5.75 Å². The van der Waals surface area contributed by atoms with E-state index in [1.165, 1.54) is 6.08 Å². The first-order valence-corrected chi connectivity index (χ1v) is 5.63. The molecule has 3 nitrogen and oxygen atoms in total. The van der Waals surface area contributed by atoms with Gasteiger partial charge in [-0.05, 0) is 25.5 Å². The molecular weight excluding hydrogens is 214 g/mol. The summed E-state index contributed by atoms with van der Waals surface area (Å²) >= 11 is 0. The number of hydrogen-bond acceptors (Lipinski definition) is 2. The Bertz CT molecular complexity index is 489. The summed E-state index contributed by atoms with van der Waals surface area (Å²) in [5, 5.41) is 9.55. The van der Waals surface area contributed by atoms with Crippen LogP contribution in [0.3, 0.4) is 0 Å². The van der Waals surface area contributed by atoms with Crippen LogP contribution in [0.15, 0.2) is 42.1 Å². The molecule has 1 N–H and O–H groups in total. The van der Waals surface area contributed by atoms with Crippen molar-refractivity contribution in [1.82, 2.24) is 4.90 Å². The zero-order valence-electron chi connectivity index (χ0n) is 9.76. The molecule has 0 unspecified atom stereocenters. The van der Waals surface area contributed by atoms with Crippen LogP contribution in [0.1, 0.15) is 18.9 Å². The lowest BCUT2D eigenvalue weighted by molar-refractivity contribution is -0.123. The number of hydrogen-bond donors (Lipinski definition) is 1. The summed E-state index contributed by atoms with van der Waals surface area (Å²) in [7, 11) is 0. The summed E-state index contributed by atoms with van der Waals surface area (Å²) in [4.78, 5) is 13.6. The first kappa shape index (κ1) is 11.5. The summed E-state index contributed by atoms with van der Waals surface area (Å²) in [6, 6.07) is 6.95. The second-order valence-electron chi connectivity index (χ2n) is 4.02. The highest BCUT2D eigenvalue weighted by atomic mass is 16.3. The molecule has 1 amide bonds. The van der Waals surface area contributed by atoms with Gasteiger partial charge in [-0.25, -0.2) is 0 Å². The maximum absolute atomic E-state index is 11.9. The van der Waals surface area contributed by atoms with Gasteiger partial charge in [-0.2, -0.15) is 0 Å². The molecule has 1 heterocycles. The quantitative estimate of drug-likeness (QED) is 0.792. The second kappa shape index (κ2) is 4.87. The van der Waals surface area contributed by atoms with Crippen LogP contribution >= 0.6 is 0 Å². The highest BCUT2D eigenvalue weighted by Gasteiger charge is 2.15. The number of carbonyl (C=O) groups is 1. The average molecular weight is 229 g/mol. The van der Waals surface area contributed by atoms with Crippen LogP contribution in [0.4, 0.5) is 0 Å². The Balaban J connectivity index is 2.09. The number of benzene rings is 1. The number of para-hydroxylation sites is 1. The maximum atomic E-state index is 11.9. The number of phenols is 1. The van der Waals surface area contributed by atoms with Gasteiger partial charge >= 0.3 is 0 Å². The molecule has 17 heavy (non-hydrogen) atoms. The molecule has 2 rings (SSSR count). The summed E-state index contributed by atoms with van der Waals surface area (Å²) < 4.78 is 0. The average Bonchev–Trinajstić information content (AvgIpc) is 2.74. The minimum absolute atomic E-state index is 0.0421. The van der Waals surface area contributed by atoms with Gasteiger partial charge in [0.25, 0.3) is 5.91 Å². The molecule has 0 bridgehead atoms. The largest absolute Gasteiger partial charge is 0.507 e. The standard InChI is InChI=1S/C14H15NO2/c1-11-5-4-10-15(11)14(17)9-8-12-6-2-3-7-13(12)16/h2-3,5-9,16H,4,10H2,1H3/b9-8+. The fourth-order valence-corrected chi connectivity index (χ4v) is 1.85. The fourth-order valence-electron chi connectivity index (χ4n) is 1.85. The molecule has 1 aromatic carbocycles. The summed E-state index contributed by atoms with van der Waals surface area (Å²) in [6.07, 6.45) is 6.11. The highest BCUT2D eigenvalue weighted by Crippen LogP contribution is 2.18. The van der Waals surface area contributed by atoms with E-state index < -0.39 is 0 Å². The van der Waals surface area contributed by atoms with Crippen molar-refractivity contribution in [1.29, 1.82) is 0 Å². The Kier molecular flexibility index (Phi) is 3.28. The Morgan fingerprint density at radius 1 is 1.41 bits per heavy atom. The molecule has 0 saturated heterocycles. The summed E-state index contributed by atoms with van der Waals surface area (Å²) in [6.45, 7) is 2.68. The lowest BCUT2D eigenvalue weighted by Gasteiger charge is -2.15. The molecular formula is C14H15NO2. The van der Waals surface area contributed by atoms with Crippen molar-refractivity contribution in [2.45, 2.75) is 13.3 Å². The predicted molar refractivity (Wildman–Crippen MR) is 67.2 cm³/mol. The molecule has 3 heteroatoms. The van der Waals surface area contributed by atoms with Crippen molar-refractivity contribution in [2.75, 3.05) is 6.54 Å². The third kappa shape index (κ3) is 2.56. The van der Waals surface area contributed by atoms with Crippen LogP contribution in [-0.2, 0) is 4.79 Å². The molecule has 0 aromatic heterocycles. The molecule has 1 aliphatic rings. The van der Waals surface area contributed by atoms with E-state index in [4.69, 9.17) is 0 Å². The SMILES string of the molecule is CC1=CCCN1C(=O)/C=C/c1ccccc1O. The van der Waals surface area contributed by atoms with Crippen LogP contribution in [0.5, 0.6) is 5.75 Å². The van der Waals surface area contributed by atoms with E-state index in [1.54, 1.807) is 29.2 Å². The van der Waals surface area contributed by atoms with E-state index >= 15 is 0 Å². The van der Waals surface area contributed by atoms with Crippen LogP contribution in [-0.4, -0.2) is 22.5 Å². The smallest absolute Gasteiger partial charge is 0.250 e. The van der Waals surface area contributed by atoms with E-state index in [9.17, 15) is 9.90 Å². The van der Waals surface area contributed by atoms with Gasteiger partial charge in [-0.1, -0.05) is 24.3 Å². The molecule has 0 spiro atoms. The lowest BCUT2D eigenvalue weighted by Crippen LogP contribution is -2.24. The Hall–Kier alpha value is -2.03. The van der Waals surface area contributed by atoms with Crippen LogP contribution in [0.25, 0.3) is 6.08 Å². The van der Waals surface area contributed by atoms with Crippen molar-refractivity contribution >= 4 is 12.0 Å². The van der Waals surface area contributed by atoms with E-state index in [1.807, 2.05) is 19.1 Å². The van der Waals surface area contributed by atoms with Crippen molar-refractivity contribution in [3.63, 3.8) is 0 Å². The van der Waals surface area contributed by atoms with Gasteiger partial charge in [0.05, 0.1) is 0 Å². The maximum Gasteiger partial charge on any atom is 0.250 e. The van der Waals surface area contributed by atoms with Crippen LogP contribution in [0, 0.1) is 0 Å². The van der Waals surface area contributed by atoms with Gasteiger partial charge in [0.2, 0.25) is 0 Å². The predicted octanol–water partition coefficient (Wildman–Crippen LogP) is 2.54. The minimum atomic E-state index is -0.0421. The van der Waals surface area contributed by atoms with Gasteiger partial charge in [0, 0.05) is 23.9 Å². The molecule has 0 fully saturated rings. The minimum Gasteiger partial charge on any atom is -0.507 e. The third-order valence-electron chi connectivity index (χ3n) is 2.83. The number of rotatable bonds is 2. The zero-order chi connectivity index (χ0) is 12.3. The van der Waals surface area contributed by atoms with E-state index in [0.717, 1.165) is 18.7 Å². The molecule has 0 atom stereocenters. The third-order valence-corrected chi connectivity index (χ3v) is 2.83. The Morgan fingerprint density at radius 3 is 2.82 bits per heavy atom. The van der Waals surface area contributed by atoms with Gasteiger partial charge in [-0.3, -0.25) is 4.79 Å². The van der Waals surface area contributed by atoms with Gasteiger partial charge in [0.15, 0.2) is 0 Å². The first-order chi connectivity index (χ1) is 8.18. The number of carbonyl (C=O) groups excluding carboxylic acids is 1. The van der Waals surface area contributed by atoms with Crippen LogP contribution < -0.4 is 0 Å². The number of phenolic OH excluding ortho intramolecular Hbond substituents is 1. The van der Waals surface area contributed by atoms with E-state index in [-0.39, 0.29) is 11.7 Å². The molecule has 1 aromatic rings.